The predicted molar refractivity (Wildman–Crippen MR) is 218 cm³/mol. The van der Waals surface area contributed by atoms with Crippen LogP contribution in [0.1, 0.15) is 20.6 Å². The molecule has 0 amide bonds. The van der Waals surface area contributed by atoms with E-state index in [1.165, 1.54) is 0 Å². The maximum Gasteiger partial charge on any atom is 0.136 e. The van der Waals surface area contributed by atoms with Gasteiger partial charge in [0.1, 0.15) is 11.2 Å². The van der Waals surface area contributed by atoms with Crippen LogP contribution >= 0.6 is 0 Å². The molecule has 1 nitrogen and oxygen atoms in total. The van der Waals surface area contributed by atoms with Crippen LogP contribution in [0.15, 0.2) is 186 Å². The second-order valence-electron chi connectivity index (χ2n) is 12.4. The van der Waals surface area contributed by atoms with Gasteiger partial charge in [-0.3, -0.25) is 0 Å². The Labute approximate surface area is 315 Å². The number of fused-ring (bicyclic) bond motifs is 9. The van der Waals surface area contributed by atoms with Crippen molar-refractivity contribution in [2.24, 2.45) is 0 Å². The molecule has 1 heteroatoms. The topological polar surface area (TPSA) is 13.1 Å². The molecule has 236 valence electrons. The van der Waals surface area contributed by atoms with Crippen LogP contribution in [-0.2, 0) is 0 Å². The van der Waals surface area contributed by atoms with Crippen molar-refractivity contribution in [1.29, 1.82) is 0 Å². The van der Waals surface area contributed by atoms with Crippen LogP contribution in [0, 0.1) is 0 Å². The Hall–Kier alpha value is -6.70. The first kappa shape index (κ1) is 17.3. The van der Waals surface area contributed by atoms with Gasteiger partial charge in [-0.15, -0.1) is 0 Å². The fraction of sp³-hybridized carbons (Fsp3) is 0. The van der Waals surface area contributed by atoms with E-state index in [0.717, 1.165) is 32.7 Å². The Balaban J connectivity index is 1.34. The zero-order chi connectivity index (χ0) is 46.5. The third-order valence-corrected chi connectivity index (χ3v) is 9.72. The normalized spacial score (nSPS) is 16.0. The lowest BCUT2D eigenvalue weighted by Gasteiger charge is -2.19. The van der Waals surface area contributed by atoms with E-state index in [-0.39, 0.29) is 32.7 Å². The van der Waals surface area contributed by atoms with Gasteiger partial charge in [0, 0.05) is 10.8 Å². The van der Waals surface area contributed by atoms with Crippen molar-refractivity contribution in [2.45, 2.75) is 0 Å². The van der Waals surface area contributed by atoms with Crippen LogP contribution < -0.4 is 0 Å². The summed E-state index contributed by atoms with van der Waals surface area (Å²) >= 11 is 0. The van der Waals surface area contributed by atoms with Crippen molar-refractivity contribution in [3.05, 3.63) is 182 Å². The molecule has 0 N–H and O–H groups in total. The van der Waals surface area contributed by atoms with Gasteiger partial charge >= 0.3 is 0 Å². The molecule has 0 aliphatic rings. The molecule has 0 saturated carbocycles. The summed E-state index contributed by atoms with van der Waals surface area (Å²) in [5, 5.41) is 3.29. The highest BCUT2D eigenvalue weighted by Gasteiger charge is 2.20. The summed E-state index contributed by atoms with van der Waals surface area (Å²) in [6.45, 7) is 0. The number of benzene rings is 10. The number of rotatable bonds is 3. The molecule has 11 aromatic rings. The Kier molecular flexibility index (Phi) is 3.70. The van der Waals surface area contributed by atoms with E-state index in [4.69, 9.17) is 16.8 Å². The smallest absolute Gasteiger partial charge is 0.136 e. The lowest BCUT2D eigenvalue weighted by molar-refractivity contribution is 0.669. The van der Waals surface area contributed by atoms with E-state index in [9.17, 15) is 8.22 Å². The standard InChI is InChI=1S/C50H30O/c1-2-13-34-29-36(26-23-31(34)11-1)47-39-16-5-7-18-41(39)48(42-19-8-6-17-40(42)47)43-21-9-14-33-24-25-35(30-44(33)43)38-20-10-22-45-50(38)49-37-15-4-3-12-32(37)27-28-46(49)51-45/h1-30H/i1D,2D,5D,6D,7D,8D,11D,13D,16D,17D,18D,19D,23D,26D,29D. The molecule has 0 aliphatic carbocycles. The summed E-state index contributed by atoms with van der Waals surface area (Å²) in [7, 11) is 0. The molecule has 0 spiro atoms. The molecule has 1 aromatic heterocycles. The van der Waals surface area contributed by atoms with Gasteiger partial charge in [-0.2, -0.15) is 0 Å². The molecular formula is C50H30O. The molecule has 0 atom stereocenters. The summed E-state index contributed by atoms with van der Waals surface area (Å²) in [6.07, 6.45) is 0. The van der Waals surface area contributed by atoms with Gasteiger partial charge in [-0.25, -0.2) is 0 Å². The van der Waals surface area contributed by atoms with E-state index in [2.05, 4.69) is 0 Å². The minimum absolute atomic E-state index is 0.0373. The summed E-state index contributed by atoms with van der Waals surface area (Å²) in [5.41, 5.74) is 2.48. The van der Waals surface area contributed by atoms with Crippen molar-refractivity contribution in [3.8, 4) is 33.4 Å². The van der Waals surface area contributed by atoms with E-state index in [1.807, 2.05) is 78.9 Å². The maximum absolute atomic E-state index is 9.54. The predicted octanol–water partition coefficient (Wildman–Crippen LogP) is 14.4. The lowest BCUT2D eigenvalue weighted by Crippen LogP contribution is -1.92. The van der Waals surface area contributed by atoms with Crippen LogP contribution in [0.25, 0.3) is 109 Å². The van der Waals surface area contributed by atoms with Gasteiger partial charge in [-0.1, -0.05) is 157 Å². The molecule has 0 bridgehead atoms. The van der Waals surface area contributed by atoms with E-state index >= 15 is 0 Å². The van der Waals surface area contributed by atoms with Crippen molar-refractivity contribution in [3.63, 3.8) is 0 Å². The minimum atomic E-state index is -0.740. The molecule has 11 rings (SSSR count). The molecule has 0 saturated heterocycles. The van der Waals surface area contributed by atoms with E-state index in [1.54, 1.807) is 12.1 Å². The Morgan fingerprint density at radius 2 is 1.00 bits per heavy atom. The Bertz CT molecular complexity index is 3980. The Morgan fingerprint density at radius 1 is 0.373 bits per heavy atom. The quantitative estimate of drug-likeness (QED) is 0.172. The zero-order valence-electron chi connectivity index (χ0n) is 41.6. The van der Waals surface area contributed by atoms with Crippen molar-refractivity contribution >= 4 is 75.8 Å². The number of furan rings is 1. The minimum Gasteiger partial charge on any atom is -0.456 e. The lowest BCUT2D eigenvalue weighted by atomic mass is 9.84. The molecule has 10 aromatic carbocycles. The summed E-state index contributed by atoms with van der Waals surface area (Å²) in [5.74, 6) is 0. The van der Waals surface area contributed by atoms with Gasteiger partial charge < -0.3 is 4.42 Å². The van der Waals surface area contributed by atoms with Gasteiger partial charge in [0.25, 0.3) is 0 Å². The summed E-state index contributed by atoms with van der Waals surface area (Å²) in [4.78, 5) is 0. The van der Waals surface area contributed by atoms with Crippen LogP contribution in [0.3, 0.4) is 0 Å². The average molecular weight is 662 g/mol. The molecule has 1 heterocycles. The van der Waals surface area contributed by atoms with Crippen LogP contribution in [-0.4, -0.2) is 0 Å². The molecule has 0 unspecified atom stereocenters. The molecular weight excluding hydrogens is 617 g/mol. The molecule has 0 radical (unpaired) electrons. The second kappa shape index (κ2) is 10.9. The number of hydrogen-bond donors (Lipinski definition) is 0. The summed E-state index contributed by atoms with van der Waals surface area (Å²) < 4.78 is 142. The van der Waals surface area contributed by atoms with Gasteiger partial charge in [-0.05, 0) is 111 Å². The second-order valence-corrected chi connectivity index (χ2v) is 12.4. The van der Waals surface area contributed by atoms with Gasteiger partial charge in [0.2, 0.25) is 0 Å². The molecule has 0 fully saturated rings. The fourth-order valence-electron chi connectivity index (χ4n) is 7.54. The highest BCUT2D eigenvalue weighted by atomic mass is 16.3. The fourth-order valence-corrected chi connectivity index (χ4v) is 7.54. The van der Waals surface area contributed by atoms with Crippen LogP contribution in [0.5, 0.6) is 0 Å². The largest absolute Gasteiger partial charge is 0.456 e. The van der Waals surface area contributed by atoms with Crippen molar-refractivity contribution < 1.29 is 25.0 Å². The first-order valence-electron chi connectivity index (χ1n) is 23.9. The third-order valence-electron chi connectivity index (χ3n) is 9.72. The summed E-state index contributed by atoms with van der Waals surface area (Å²) in [6, 6.07) is 18.8. The SMILES string of the molecule is [2H]c1c([2H])c([2H])c2c([2H])c(-c3c4c([2H])c([2H])c([2H])c([2H])c4c(-c4cccc5ccc(-c6cccc7oc8ccc9ccccc9c8c67)cc45)c4c([2H])c([2H])c([2H])c([2H])c34)c([2H])c([2H])c2c1[2H]. The van der Waals surface area contributed by atoms with Crippen LogP contribution in [0.4, 0.5) is 0 Å². The molecule has 0 aliphatic heterocycles. The Morgan fingerprint density at radius 3 is 1.82 bits per heavy atom. The van der Waals surface area contributed by atoms with Gasteiger partial charge in [0.05, 0.1) is 20.6 Å². The maximum atomic E-state index is 9.54. The van der Waals surface area contributed by atoms with Crippen LogP contribution in [0.2, 0.25) is 0 Å². The van der Waals surface area contributed by atoms with E-state index < -0.39 is 107 Å². The monoisotopic (exact) mass is 661 g/mol. The molecule has 51 heavy (non-hydrogen) atoms. The highest BCUT2D eigenvalue weighted by Crippen LogP contribution is 2.47. The van der Waals surface area contributed by atoms with E-state index in [0.29, 0.717) is 27.5 Å². The van der Waals surface area contributed by atoms with Crippen molar-refractivity contribution in [2.75, 3.05) is 0 Å². The average Bonchev–Trinajstić information content (AvgIpc) is 3.72. The number of hydrogen-bond acceptors (Lipinski definition) is 1. The van der Waals surface area contributed by atoms with Crippen molar-refractivity contribution in [1.82, 2.24) is 0 Å². The third kappa shape index (κ3) is 4.22. The first-order valence-corrected chi connectivity index (χ1v) is 16.4. The van der Waals surface area contributed by atoms with Gasteiger partial charge in [0.15, 0.2) is 0 Å². The zero-order valence-corrected chi connectivity index (χ0v) is 26.6. The highest BCUT2D eigenvalue weighted by molar-refractivity contribution is 6.25. The first-order chi connectivity index (χ1) is 31.5.